The Morgan fingerprint density at radius 1 is 1.39 bits per heavy atom. The lowest BCUT2D eigenvalue weighted by Crippen LogP contribution is -2.53. The minimum absolute atomic E-state index is 0.152. The van der Waals surface area contributed by atoms with Crippen LogP contribution < -0.4 is 10.5 Å². The SMILES string of the molecule is CC1=C(COc2cccc(C3CC(N)(O)O3)c2)C(C)(C)CCC1. The first-order valence-corrected chi connectivity index (χ1v) is 8.38. The summed E-state index contributed by atoms with van der Waals surface area (Å²) in [6.45, 7) is 7.46. The third-order valence-electron chi connectivity index (χ3n) is 5.12. The Bertz CT molecular complexity index is 611. The molecule has 1 fully saturated rings. The van der Waals surface area contributed by atoms with Crippen LogP contribution in [0.5, 0.6) is 5.75 Å². The average molecular weight is 317 g/mol. The highest BCUT2D eigenvalue weighted by molar-refractivity contribution is 5.32. The molecule has 0 radical (unpaired) electrons. The Morgan fingerprint density at radius 3 is 2.78 bits per heavy atom. The summed E-state index contributed by atoms with van der Waals surface area (Å²) in [6, 6.07) is 7.87. The maximum Gasteiger partial charge on any atom is 0.225 e. The maximum absolute atomic E-state index is 9.49. The summed E-state index contributed by atoms with van der Waals surface area (Å²) in [6.07, 6.45) is 3.91. The molecule has 1 aliphatic carbocycles. The topological polar surface area (TPSA) is 64.7 Å². The van der Waals surface area contributed by atoms with Gasteiger partial charge >= 0.3 is 0 Å². The number of allylic oxidation sites excluding steroid dienone is 1. The fraction of sp³-hybridized carbons (Fsp3) is 0.579. The third kappa shape index (κ3) is 3.60. The maximum atomic E-state index is 9.49. The summed E-state index contributed by atoms with van der Waals surface area (Å²) in [4.78, 5) is 0. The normalized spacial score (nSPS) is 30.0. The first kappa shape index (κ1) is 16.5. The summed E-state index contributed by atoms with van der Waals surface area (Å²) in [5, 5.41) is 9.49. The summed E-state index contributed by atoms with van der Waals surface area (Å²) in [5.41, 5.74) is 9.58. The summed E-state index contributed by atoms with van der Waals surface area (Å²) >= 11 is 0. The number of nitrogens with two attached hydrogens (primary N) is 1. The highest BCUT2D eigenvalue weighted by atomic mass is 16.7. The molecule has 1 aromatic rings. The molecule has 0 aromatic heterocycles. The van der Waals surface area contributed by atoms with Gasteiger partial charge in [-0.25, -0.2) is 0 Å². The number of rotatable bonds is 4. The largest absolute Gasteiger partial charge is 0.489 e. The number of hydrogen-bond acceptors (Lipinski definition) is 4. The van der Waals surface area contributed by atoms with Crippen molar-refractivity contribution in [2.24, 2.45) is 11.1 Å². The number of ether oxygens (including phenoxy) is 2. The zero-order valence-corrected chi connectivity index (χ0v) is 14.3. The molecule has 2 unspecified atom stereocenters. The van der Waals surface area contributed by atoms with Crippen LogP contribution in [0.3, 0.4) is 0 Å². The van der Waals surface area contributed by atoms with Gasteiger partial charge in [0.15, 0.2) is 0 Å². The zero-order valence-electron chi connectivity index (χ0n) is 14.3. The molecule has 1 aliphatic heterocycles. The summed E-state index contributed by atoms with van der Waals surface area (Å²) < 4.78 is 11.3. The van der Waals surface area contributed by atoms with E-state index in [2.05, 4.69) is 20.8 Å². The van der Waals surface area contributed by atoms with Gasteiger partial charge in [-0.2, -0.15) is 0 Å². The highest BCUT2D eigenvalue weighted by Crippen LogP contribution is 2.41. The minimum Gasteiger partial charge on any atom is -0.489 e. The van der Waals surface area contributed by atoms with Gasteiger partial charge in [-0.1, -0.05) is 31.6 Å². The second kappa shape index (κ2) is 5.93. The minimum atomic E-state index is -1.48. The molecule has 2 aliphatic rings. The number of benzene rings is 1. The van der Waals surface area contributed by atoms with E-state index in [1.807, 2.05) is 24.3 Å². The molecule has 23 heavy (non-hydrogen) atoms. The van der Waals surface area contributed by atoms with E-state index in [-0.39, 0.29) is 11.5 Å². The Hall–Kier alpha value is -1.36. The molecular weight excluding hydrogens is 290 g/mol. The van der Waals surface area contributed by atoms with E-state index >= 15 is 0 Å². The van der Waals surface area contributed by atoms with Crippen LogP contribution in [0.4, 0.5) is 0 Å². The lowest BCUT2D eigenvalue weighted by Gasteiger charge is -2.40. The van der Waals surface area contributed by atoms with Crippen LogP contribution in [0, 0.1) is 5.41 Å². The molecular formula is C19H27NO3. The van der Waals surface area contributed by atoms with Gasteiger partial charge in [-0.15, -0.1) is 0 Å². The van der Waals surface area contributed by atoms with Gasteiger partial charge < -0.3 is 14.6 Å². The van der Waals surface area contributed by atoms with Crippen molar-refractivity contribution in [3.05, 3.63) is 41.0 Å². The van der Waals surface area contributed by atoms with Gasteiger partial charge in [0.1, 0.15) is 12.4 Å². The lowest BCUT2D eigenvalue weighted by atomic mass is 9.73. The number of aliphatic hydroxyl groups is 1. The first-order valence-electron chi connectivity index (χ1n) is 8.38. The molecule has 3 N–H and O–H groups in total. The van der Waals surface area contributed by atoms with Crippen LogP contribution in [-0.2, 0) is 4.74 Å². The van der Waals surface area contributed by atoms with Crippen LogP contribution in [0.1, 0.15) is 58.1 Å². The van der Waals surface area contributed by atoms with Gasteiger partial charge in [0, 0.05) is 6.42 Å². The Morgan fingerprint density at radius 2 is 2.13 bits per heavy atom. The van der Waals surface area contributed by atoms with Crippen LogP contribution >= 0.6 is 0 Å². The van der Waals surface area contributed by atoms with Crippen molar-refractivity contribution < 1.29 is 14.6 Å². The summed E-state index contributed by atoms with van der Waals surface area (Å²) in [5.74, 6) is -0.643. The molecule has 1 aromatic carbocycles. The zero-order chi connectivity index (χ0) is 16.7. The van der Waals surface area contributed by atoms with E-state index in [0.29, 0.717) is 13.0 Å². The van der Waals surface area contributed by atoms with E-state index < -0.39 is 5.91 Å². The molecule has 0 bridgehead atoms. The van der Waals surface area contributed by atoms with Gasteiger partial charge in [0.2, 0.25) is 5.91 Å². The van der Waals surface area contributed by atoms with Crippen molar-refractivity contribution in [2.45, 2.75) is 58.5 Å². The number of hydrogen-bond donors (Lipinski definition) is 2. The van der Waals surface area contributed by atoms with E-state index in [1.165, 1.54) is 30.4 Å². The second-order valence-electron chi connectivity index (χ2n) is 7.51. The molecule has 0 amide bonds. The predicted octanol–water partition coefficient (Wildman–Crippen LogP) is 3.66. The molecule has 4 nitrogen and oxygen atoms in total. The quantitative estimate of drug-likeness (QED) is 0.657. The molecule has 1 saturated heterocycles. The smallest absolute Gasteiger partial charge is 0.225 e. The molecule has 1 heterocycles. The van der Waals surface area contributed by atoms with Crippen molar-refractivity contribution in [1.29, 1.82) is 0 Å². The van der Waals surface area contributed by atoms with Gasteiger partial charge in [0.25, 0.3) is 0 Å². The van der Waals surface area contributed by atoms with E-state index in [9.17, 15) is 5.11 Å². The Balaban J connectivity index is 1.67. The summed E-state index contributed by atoms with van der Waals surface area (Å²) in [7, 11) is 0. The molecule has 2 atom stereocenters. The van der Waals surface area contributed by atoms with E-state index in [1.54, 1.807) is 0 Å². The molecule has 3 rings (SSSR count). The lowest BCUT2D eigenvalue weighted by molar-refractivity contribution is -0.321. The van der Waals surface area contributed by atoms with Gasteiger partial charge in [-0.3, -0.25) is 5.73 Å². The highest BCUT2D eigenvalue weighted by Gasteiger charge is 2.41. The standard InChI is InChI=1S/C19H27NO3/c1-13-6-5-9-18(2,3)16(13)12-22-15-8-4-7-14(10-15)17-11-19(20,21)23-17/h4,7-8,10,17,21H,5-6,9,11-12,20H2,1-3H3. The van der Waals surface area contributed by atoms with Crippen molar-refractivity contribution in [3.8, 4) is 5.75 Å². The van der Waals surface area contributed by atoms with Crippen LogP contribution in [0.2, 0.25) is 0 Å². The van der Waals surface area contributed by atoms with Crippen LogP contribution in [0.15, 0.2) is 35.4 Å². The van der Waals surface area contributed by atoms with Gasteiger partial charge in [-0.05, 0) is 54.9 Å². The molecule has 126 valence electrons. The Labute approximate surface area is 138 Å². The molecule has 4 heteroatoms. The first-order chi connectivity index (χ1) is 10.8. The third-order valence-corrected chi connectivity index (χ3v) is 5.12. The van der Waals surface area contributed by atoms with E-state index in [4.69, 9.17) is 15.2 Å². The van der Waals surface area contributed by atoms with Crippen LogP contribution in [-0.4, -0.2) is 17.6 Å². The molecule has 0 spiro atoms. The van der Waals surface area contributed by atoms with Crippen LogP contribution in [0.25, 0.3) is 0 Å². The molecule has 0 saturated carbocycles. The van der Waals surface area contributed by atoms with Crippen molar-refractivity contribution >= 4 is 0 Å². The van der Waals surface area contributed by atoms with Crippen molar-refractivity contribution in [1.82, 2.24) is 0 Å². The fourth-order valence-corrected chi connectivity index (χ4v) is 3.64. The predicted molar refractivity (Wildman–Crippen MR) is 89.8 cm³/mol. The average Bonchev–Trinajstić information content (AvgIpc) is 2.44. The van der Waals surface area contributed by atoms with E-state index in [0.717, 1.165) is 11.3 Å². The van der Waals surface area contributed by atoms with Crippen molar-refractivity contribution in [3.63, 3.8) is 0 Å². The Kier molecular flexibility index (Phi) is 4.25. The second-order valence-corrected chi connectivity index (χ2v) is 7.51. The monoisotopic (exact) mass is 317 g/mol. The fourth-order valence-electron chi connectivity index (χ4n) is 3.64. The van der Waals surface area contributed by atoms with Gasteiger partial charge in [0.05, 0.1) is 6.10 Å². The van der Waals surface area contributed by atoms with Crippen molar-refractivity contribution in [2.75, 3.05) is 6.61 Å².